The zero-order chi connectivity index (χ0) is 10.8. The van der Waals surface area contributed by atoms with Gasteiger partial charge >= 0.3 is 0 Å². The predicted octanol–water partition coefficient (Wildman–Crippen LogP) is 2.73. The van der Waals surface area contributed by atoms with E-state index in [9.17, 15) is 9.18 Å². The summed E-state index contributed by atoms with van der Waals surface area (Å²) in [6.45, 7) is -1.04. The first-order valence-electron chi connectivity index (χ1n) is 4.34. The molecule has 1 aromatic heterocycles. The van der Waals surface area contributed by atoms with E-state index in [0.29, 0.717) is 16.1 Å². The number of hydrogen-bond acceptors (Lipinski definition) is 1. The summed E-state index contributed by atoms with van der Waals surface area (Å²) in [5.41, 5.74) is 1.32. The number of benzene rings is 1. The second-order valence-corrected chi connectivity index (χ2v) is 3.45. The van der Waals surface area contributed by atoms with E-state index in [1.165, 1.54) is 0 Å². The second kappa shape index (κ2) is 3.90. The Balaban J connectivity index is 2.50. The van der Waals surface area contributed by atoms with Crippen molar-refractivity contribution in [2.45, 2.75) is 0 Å². The monoisotopic (exact) mass is 226 g/mol. The molecule has 0 unspecified atom stereocenters. The molecule has 0 aliphatic carbocycles. The highest BCUT2D eigenvalue weighted by Gasteiger charge is 2.08. The van der Waals surface area contributed by atoms with Crippen molar-refractivity contribution >= 4 is 34.1 Å². The summed E-state index contributed by atoms with van der Waals surface area (Å²) in [6.07, 6.45) is 1.62. The van der Waals surface area contributed by atoms with Gasteiger partial charge in [0.1, 0.15) is 0 Å². The van der Waals surface area contributed by atoms with Gasteiger partial charge in [0, 0.05) is 17.1 Å². The molecule has 0 fully saturated rings. The van der Waals surface area contributed by atoms with Gasteiger partial charge in [-0.2, -0.15) is 0 Å². The van der Waals surface area contributed by atoms with Crippen LogP contribution in [0, 0.1) is 0 Å². The predicted molar refractivity (Wildman–Crippen MR) is 57.9 cm³/mol. The number of rotatable bonds is 2. The number of carbonyl (C=O) groups excluding carboxylic acids is 1. The Bertz CT molecular complexity index is 509. The van der Waals surface area contributed by atoms with Crippen LogP contribution in [0.5, 0.6) is 0 Å². The number of alkyl halides is 1. The minimum Gasteiger partial charge on any atom is -0.360 e. The summed E-state index contributed by atoms with van der Waals surface area (Å²) in [5.74, 6) is -0.681. The Morgan fingerprint density at radius 2 is 2.33 bits per heavy atom. The Hall–Kier alpha value is -1.55. The molecule has 0 atom stereocenters. The van der Waals surface area contributed by atoms with Crippen LogP contribution in [0.3, 0.4) is 0 Å². The molecule has 2 rings (SSSR count). The van der Waals surface area contributed by atoms with Gasteiger partial charge in [0.25, 0.3) is 5.91 Å². The first-order valence-corrected chi connectivity index (χ1v) is 4.71. The molecule has 0 saturated heterocycles. The lowest BCUT2D eigenvalue weighted by atomic mass is 10.2. The number of anilines is 1. The first kappa shape index (κ1) is 9.98. The third-order valence-electron chi connectivity index (χ3n) is 2.05. The number of aromatic amines is 1. The van der Waals surface area contributed by atoms with Crippen LogP contribution in [0.15, 0.2) is 24.4 Å². The van der Waals surface area contributed by atoms with Gasteiger partial charge in [0.2, 0.25) is 0 Å². The molecule has 0 bridgehead atoms. The number of hydrogen-bond donors (Lipinski definition) is 2. The van der Waals surface area contributed by atoms with E-state index in [0.717, 1.165) is 5.52 Å². The summed E-state index contributed by atoms with van der Waals surface area (Å²) < 4.78 is 12.0. The maximum atomic E-state index is 12.0. The average Bonchev–Trinajstić information content (AvgIpc) is 2.61. The van der Waals surface area contributed by atoms with Gasteiger partial charge in [0.15, 0.2) is 6.67 Å². The molecular formula is C10H8ClFN2O. The van der Waals surface area contributed by atoms with Gasteiger partial charge < -0.3 is 10.3 Å². The van der Waals surface area contributed by atoms with E-state index >= 15 is 0 Å². The summed E-state index contributed by atoms with van der Waals surface area (Å²) in [4.78, 5) is 13.9. The molecule has 1 amide bonds. The fourth-order valence-corrected chi connectivity index (χ4v) is 1.69. The van der Waals surface area contributed by atoms with Gasteiger partial charge in [-0.15, -0.1) is 0 Å². The molecule has 15 heavy (non-hydrogen) atoms. The molecule has 3 nitrogen and oxygen atoms in total. The van der Waals surface area contributed by atoms with Crippen LogP contribution in [0.1, 0.15) is 0 Å². The molecule has 0 radical (unpaired) electrons. The highest BCUT2D eigenvalue weighted by Crippen LogP contribution is 2.29. The van der Waals surface area contributed by atoms with Gasteiger partial charge in [-0.05, 0) is 12.1 Å². The minimum absolute atomic E-state index is 0.500. The number of aromatic nitrogens is 1. The lowest BCUT2D eigenvalue weighted by molar-refractivity contribution is -0.117. The number of fused-ring (bicyclic) bond motifs is 1. The van der Waals surface area contributed by atoms with Crippen molar-refractivity contribution in [3.8, 4) is 0 Å². The van der Waals surface area contributed by atoms with E-state index < -0.39 is 12.6 Å². The fourth-order valence-electron chi connectivity index (χ4n) is 1.43. The van der Waals surface area contributed by atoms with Crippen LogP contribution in [0.4, 0.5) is 10.1 Å². The molecule has 0 spiro atoms. The maximum Gasteiger partial charge on any atom is 0.255 e. The molecule has 0 aliphatic heterocycles. The van der Waals surface area contributed by atoms with Crippen molar-refractivity contribution in [2.24, 2.45) is 0 Å². The van der Waals surface area contributed by atoms with E-state index in [1.807, 2.05) is 6.07 Å². The highest BCUT2D eigenvalue weighted by molar-refractivity contribution is 6.36. The van der Waals surface area contributed by atoms with Gasteiger partial charge in [-0.1, -0.05) is 17.7 Å². The van der Waals surface area contributed by atoms with Crippen molar-refractivity contribution in [1.82, 2.24) is 4.98 Å². The molecule has 78 valence electrons. The van der Waals surface area contributed by atoms with Crippen LogP contribution < -0.4 is 5.32 Å². The molecule has 1 aromatic carbocycles. The number of H-pyrrole nitrogens is 1. The van der Waals surface area contributed by atoms with Crippen molar-refractivity contribution < 1.29 is 9.18 Å². The first-order chi connectivity index (χ1) is 7.22. The molecule has 0 aliphatic rings. The molecule has 0 saturated carbocycles. The van der Waals surface area contributed by atoms with Crippen molar-refractivity contribution in [1.29, 1.82) is 0 Å². The standard InChI is InChI=1S/C10H8ClFN2O/c11-6-5-13-7-2-1-3-8(10(6)7)14-9(15)4-12/h1-3,5,13H,4H2,(H,14,15). The Labute approximate surface area is 90.2 Å². The highest BCUT2D eigenvalue weighted by atomic mass is 35.5. The van der Waals surface area contributed by atoms with Crippen molar-refractivity contribution in [3.63, 3.8) is 0 Å². The third kappa shape index (κ3) is 1.80. The SMILES string of the molecule is O=C(CF)Nc1cccc2[nH]cc(Cl)c12. The Kier molecular flexibility index (Phi) is 2.60. The molecule has 1 heterocycles. The molecule has 2 aromatic rings. The average molecular weight is 227 g/mol. The number of nitrogens with one attached hydrogen (secondary N) is 2. The maximum absolute atomic E-state index is 12.0. The van der Waals surface area contributed by atoms with Crippen molar-refractivity contribution in [2.75, 3.05) is 12.0 Å². The molecule has 5 heteroatoms. The largest absolute Gasteiger partial charge is 0.360 e. The molecular weight excluding hydrogens is 219 g/mol. The zero-order valence-corrected chi connectivity index (χ0v) is 8.44. The topological polar surface area (TPSA) is 44.9 Å². The van der Waals surface area contributed by atoms with E-state index in [1.54, 1.807) is 18.3 Å². The Morgan fingerprint density at radius 3 is 3.07 bits per heavy atom. The minimum atomic E-state index is -1.04. The van der Waals surface area contributed by atoms with E-state index in [-0.39, 0.29) is 0 Å². The number of amides is 1. The Morgan fingerprint density at radius 1 is 1.53 bits per heavy atom. The third-order valence-corrected chi connectivity index (χ3v) is 2.35. The smallest absolute Gasteiger partial charge is 0.255 e. The lowest BCUT2D eigenvalue weighted by Gasteiger charge is -2.04. The zero-order valence-electron chi connectivity index (χ0n) is 7.68. The summed E-state index contributed by atoms with van der Waals surface area (Å²) >= 11 is 5.93. The summed E-state index contributed by atoms with van der Waals surface area (Å²) in [7, 11) is 0. The fraction of sp³-hybridized carbons (Fsp3) is 0.100. The van der Waals surface area contributed by atoms with Crippen LogP contribution in [0.25, 0.3) is 10.9 Å². The van der Waals surface area contributed by atoms with Crippen LogP contribution >= 0.6 is 11.6 Å². The number of carbonyl (C=O) groups is 1. The van der Waals surface area contributed by atoms with Gasteiger partial charge in [-0.3, -0.25) is 4.79 Å². The number of halogens is 2. The quantitative estimate of drug-likeness (QED) is 0.813. The van der Waals surface area contributed by atoms with Gasteiger partial charge in [-0.25, -0.2) is 4.39 Å². The summed E-state index contributed by atoms with van der Waals surface area (Å²) in [6, 6.07) is 5.25. The lowest BCUT2D eigenvalue weighted by Crippen LogP contribution is -2.13. The van der Waals surface area contributed by atoms with Gasteiger partial charge in [0.05, 0.1) is 10.7 Å². The van der Waals surface area contributed by atoms with E-state index in [2.05, 4.69) is 10.3 Å². The summed E-state index contributed by atoms with van der Waals surface area (Å²) in [5, 5.41) is 3.64. The van der Waals surface area contributed by atoms with E-state index in [4.69, 9.17) is 11.6 Å². The van der Waals surface area contributed by atoms with Crippen LogP contribution in [0.2, 0.25) is 5.02 Å². The second-order valence-electron chi connectivity index (χ2n) is 3.05. The molecule has 2 N–H and O–H groups in total. The van der Waals surface area contributed by atoms with Crippen LogP contribution in [-0.4, -0.2) is 17.6 Å². The van der Waals surface area contributed by atoms with Crippen molar-refractivity contribution in [3.05, 3.63) is 29.4 Å². The normalized spacial score (nSPS) is 10.5. The van der Waals surface area contributed by atoms with Crippen LogP contribution in [-0.2, 0) is 4.79 Å².